The van der Waals surface area contributed by atoms with Gasteiger partial charge in [-0.25, -0.2) is 9.78 Å². The molecule has 0 fully saturated rings. The minimum atomic E-state index is -1.12. The summed E-state index contributed by atoms with van der Waals surface area (Å²) in [5, 5.41) is 17.7. The molecule has 0 saturated heterocycles. The molecule has 2 aromatic rings. The Kier molecular flexibility index (Phi) is 9.86. The maximum absolute atomic E-state index is 12.2. The second-order valence-corrected chi connectivity index (χ2v) is 7.28. The fraction of sp³-hybridized carbons (Fsp3) is 0.300. The van der Waals surface area contributed by atoms with Gasteiger partial charge in [-0.1, -0.05) is 29.3 Å². The van der Waals surface area contributed by atoms with Crippen LogP contribution in [0.4, 0.5) is 10.6 Å². The summed E-state index contributed by atoms with van der Waals surface area (Å²) in [4.78, 5) is 39.1. The number of halogens is 2. The van der Waals surface area contributed by atoms with Crippen molar-refractivity contribution in [2.24, 2.45) is 0 Å². The molecule has 11 heteroatoms. The van der Waals surface area contributed by atoms with Crippen LogP contribution in [0.2, 0.25) is 10.0 Å². The highest BCUT2D eigenvalue weighted by Crippen LogP contribution is 2.25. The third-order valence-corrected chi connectivity index (χ3v) is 4.36. The predicted molar refractivity (Wildman–Crippen MR) is 116 cm³/mol. The summed E-state index contributed by atoms with van der Waals surface area (Å²) < 4.78 is 5.00. The normalized spacial score (nSPS) is 11.3. The Hall–Kier alpha value is -3.04. The smallest absolute Gasteiger partial charge is 0.407 e. The van der Waals surface area contributed by atoms with Gasteiger partial charge >= 0.3 is 12.1 Å². The molecule has 2 amide bonds. The zero-order valence-corrected chi connectivity index (χ0v) is 17.9. The summed E-state index contributed by atoms with van der Waals surface area (Å²) in [5.74, 6) is -0.982. The van der Waals surface area contributed by atoms with E-state index in [-0.39, 0.29) is 19.6 Å². The van der Waals surface area contributed by atoms with Crippen LogP contribution in [0.3, 0.4) is 0 Å². The number of hydrogen-bond donors (Lipinski definition) is 4. The molecule has 4 N–H and O–H groups in total. The molecular formula is C20H22Cl2N4O5. The number of carboxylic acid groups (broad SMARTS) is 1. The SMILES string of the molecule is O=C(O)CC(NC(=O)CNC(=O)OCCCNc1ccccn1)c1cc(Cl)cc(Cl)c1. The van der Waals surface area contributed by atoms with E-state index in [4.69, 9.17) is 33.0 Å². The molecule has 1 unspecified atom stereocenters. The average molecular weight is 469 g/mol. The lowest BCUT2D eigenvalue weighted by molar-refractivity contribution is -0.137. The standard InChI is InChI=1S/C20H22Cl2N4O5/c21-14-8-13(9-15(22)10-14)16(11-19(28)29)26-18(27)12-25-20(30)31-7-3-6-24-17-4-1-2-5-23-17/h1-2,4-5,8-10,16H,3,6-7,11-12H2,(H,23,24)(H,25,30)(H,26,27)(H,28,29). The quantitative estimate of drug-likeness (QED) is 0.372. The first-order chi connectivity index (χ1) is 14.8. The first-order valence-electron chi connectivity index (χ1n) is 9.36. The summed E-state index contributed by atoms with van der Waals surface area (Å²) in [5.41, 5.74) is 0.441. The van der Waals surface area contributed by atoms with Gasteiger partial charge < -0.3 is 25.8 Å². The van der Waals surface area contributed by atoms with Gasteiger partial charge in [-0.15, -0.1) is 0 Å². The summed E-state index contributed by atoms with van der Waals surface area (Å²) in [6.45, 7) is 0.329. The highest BCUT2D eigenvalue weighted by atomic mass is 35.5. The number of ether oxygens (including phenoxy) is 1. The van der Waals surface area contributed by atoms with Crippen LogP contribution in [-0.4, -0.2) is 47.8 Å². The molecule has 0 radical (unpaired) electrons. The van der Waals surface area contributed by atoms with Crippen LogP contribution >= 0.6 is 23.2 Å². The van der Waals surface area contributed by atoms with Gasteiger partial charge in [-0.2, -0.15) is 0 Å². The molecule has 0 aliphatic heterocycles. The van der Waals surface area contributed by atoms with Crippen LogP contribution in [-0.2, 0) is 14.3 Å². The Balaban J connectivity index is 1.72. The Labute approximate surface area is 189 Å². The first-order valence-corrected chi connectivity index (χ1v) is 10.1. The topological polar surface area (TPSA) is 130 Å². The van der Waals surface area contributed by atoms with Crippen molar-refractivity contribution in [3.8, 4) is 0 Å². The minimum Gasteiger partial charge on any atom is -0.481 e. The van der Waals surface area contributed by atoms with E-state index < -0.39 is 24.0 Å². The number of aromatic nitrogens is 1. The van der Waals surface area contributed by atoms with E-state index in [0.29, 0.717) is 28.6 Å². The molecule has 0 aliphatic carbocycles. The second kappa shape index (κ2) is 12.6. The van der Waals surface area contributed by atoms with Crippen molar-refractivity contribution < 1.29 is 24.2 Å². The van der Waals surface area contributed by atoms with E-state index in [1.54, 1.807) is 6.20 Å². The Morgan fingerprint density at radius 3 is 2.52 bits per heavy atom. The predicted octanol–water partition coefficient (Wildman–Crippen LogP) is 3.25. The summed E-state index contributed by atoms with van der Waals surface area (Å²) in [6.07, 6.45) is 1.08. The summed E-state index contributed by atoms with van der Waals surface area (Å²) in [6, 6.07) is 9.15. The van der Waals surface area contributed by atoms with E-state index in [1.165, 1.54) is 18.2 Å². The Morgan fingerprint density at radius 1 is 1.13 bits per heavy atom. The van der Waals surface area contributed by atoms with Gasteiger partial charge in [0.2, 0.25) is 5.91 Å². The molecular weight excluding hydrogens is 447 g/mol. The van der Waals surface area contributed by atoms with Gasteiger partial charge in [0.1, 0.15) is 12.4 Å². The number of carbonyl (C=O) groups is 3. The van der Waals surface area contributed by atoms with E-state index in [0.717, 1.165) is 5.82 Å². The van der Waals surface area contributed by atoms with Gasteiger partial charge in [-0.05, 0) is 42.3 Å². The number of anilines is 1. The maximum atomic E-state index is 12.2. The van der Waals surface area contributed by atoms with Gasteiger partial charge in [0.05, 0.1) is 19.1 Å². The number of nitrogens with one attached hydrogen (secondary N) is 3. The molecule has 0 aliphatic rings. The average Bonchev–Trinajstić information content (AvgIpc) is 2.71. The monoisotopic (exact) mass is 468 g/mol. The molecule has 1 aromatic heterocycles. The Bertz CT molecular complexity index is 878. The van der Waals surface area contributed by atoms with Crippen LogP contribution in [0.25, 0.3) is 0 Å². The van der Waals surface area contributed by atoms with E-state index in [1.807, 2.05) is 18.2 Å². The van der Waals surface area contributed by atoms with Crippen molar-refractivity contribution in [1.29, 1.82) is 0 Å². The summed E-state index contributed by atoms with van der Waals surface area (Å²) >= 11 is 11.9. The molecule has 0 saturated carbocycles. The molecule has 1 atom stereocenters. The van der Waals surface area contributed by atoms with Crippen molar-refractivity contribution >= 4 is 47.0 Å². The van der Waals surface area contributed by atoms with Crippen molar-refractivity contribution in [2.45, 2.75) is 18.9 Å². The van der Waals surface area contributed by atoms with Gasteiger partial charge in [0.15, 0.2) is 0 Å². The van der Waals surface area contributed by atoms with Crippen LogP contribution in [0.5, 0.6) is 0 Å². The zero-order valence-electron chi connectivity index (χ0n) is 16.4. The molecule has 0 bridgehead atoms. The van der Waals surface area contributed by atoms with Crippen LogP contribution in [0.15, 0.2) is 42.6 Å². The number of benzene rings is 1. The second-order valence-electron chi connectivity index (χ2n) is 6.41. The molecule has 31 heavy (non-hydrogen) atoms. The molecule has 9 nitrogen and oxygen atoms in total. The number of amides is 2. The lowest BCUT2D eigenvalue weighted by Gasteiger charge is -2.18. The first kappa shape index (κ1) is 24.2. The van der Waals surface area contributed by atoms with Crippen LogP contribution in [0.1, 0.15) is 24.4 Å². The number of nitrogens with zero attached hydrogens (tertiary/aromatic N) is 1. The van der Waals surface area contributed by atoms with Gasteiger partial charge in [-0.3, -0.25) is 9.59 Å². The van der Waals surface area contributed by atoms with Crippen molar-refractivity contribution in [3.63, 3.8) is 0 Å². The number of alkyl carbamates (subject to hydrolysis) is 1. The number of aliphatic carboxylic acids is 1. The molecule has 0 spiro atoms. The van der Waals surface area contributed by atoms with E-state index in [9.17, 15) is 14.4 Å². The molecule has 1 heterocycles. The number of pyridine rings is 1. The lowest BCUT2D eigenvalue weighted by Crippen LogP contribution is -2.39. The van der Waals surface area contributed by atoms with Gasteiger partial charge in [0, 0.05) is 22.8 Å². The fourth-order valence-corrected chi connectivity index (χ4v) is 3.12. The maximum Gasteiger partial charge on any atom is 0.407 e. The fourth-order valence-electron chi connectivity index (χ4n) is 2.57. The zero-order chi connectivity index (χ0) is 22.6. The highest BCUT2D eigenvalue weighted by Gasteiger charge is 2.19. The third kappa shape index (κ3) is 9.54. The lowest BCUT2D eigenvalue weighted by atomic mass is 10.0. The summed E-state index contributed by atoms with van der Waals surface area (Å²) in [7, 11) is 0. The number of hydrogen-bond acceptors (Lipinski definition) is 6. The molecule has 1 aromatic carbocycles. The van der Waals surface area contributed by atoms with Crippen LogP contribution < -0.4 is 16.0 Å². The third-order valence-electron chi connectivity index (χ3n) is 3.92. The molecule has 2 rings (SSSR count). The highest BCUT2D eigenvalue weighted by molar-refractivity contribution is 6.34. The number of carbonyl (C=O) groups excluding carboxylic acids is 2. The van der Waals surface area contributed by atoms with Crippen molar-refractivity contribution in [1.82, 2.24) is 15.6 Å². The van der Waals surface area contributed by atoms with E-state index in [2.05, 4.69) is 20.9 Å². The largest absolute Gasteiger partial charge is 0.481 e. The number of carboxylic acids is 1. The van der Waals surface area contributed by atoms with Crippen molar-refractivity contribution in [3.05, 3.63) is 58.2 Å². The van der Waals surface area contributed by atoms with E-state index >= 15 is 0 Å². The minimum absolute atomic E-state index is 0.149. The van der Waals surface area contributed by atoms with Gasteiger partial charge in [0.25, 0.3) is 0 Å². The van der Waals surface area contributed by atoms with Crippen LogP contribution in [0, 0.1) is 0 Å². The Morgan fingerprint density at radius 2 is 1.87 bits per heavy atom. The molecule has 166 valence electrons. The number of rotatable bonds is 11. The van der Waals surface area contributed by atoms with Crippen molar-refractivity contribution in [2.75, 3.05) is 25.0 Å².